The zero-order valence-electron chi connectivity index (χ0n) is 7.34. The van der Waals surface area contributed by atoms with Gasteiger partial charge in [-0.2, -0.15) is 0 Å². The molecule has 0 aliphatic heterocycles. The number of phenols is 2. The van der Waals surface area contributed by atoms with Crippen LogP contribution in [0, 0.1) is 5.41 Å². The molecule has 0 saturated heterocycles. The number of Topliss-reactive ketones (excluding diaryl/α,β-unsaturated/α-hetero) is 1. The summed E-state index contributed by atoms with van der Waals surface area (Å²) in [6.45, 7) is 1.22. The predicted molar refractivity (Wildman–Crippen MR) is 52.3 cm³/mol. The van der Waals surface area contributed by atoms with Crippen molar-refractivity contribution in [3.8, 4) is 11.5 Å². The van der Waals surface area contributed by atoms with Crippen LogP contribution in [0.2, 0.25) is 5.02 Å². The first-order valence-electron chi connectivity index (χ1n) is 3.75. The quantitative estimate of drug-likeness (QED) is 0.517. The molecule has 14 heavy (non-hydrogen) atoms. The summed E-state index contributed by atoms with van der Waals surface area (Å²) in [6, 6.07) is 2.17. The first-order chi connectivity index (χ1) is 6.43. The standard InChI is InChI=1S/C9H8ClNO3/c1-4(12)9(11)5-2-7(13)8(14)3-6(5)10/h2-3,11,13-14H,1H3. The van der Waals surface area contributed by atoms with Gasteiger partial charge in [-0.3, -0.25) is 10.2 Å². The average molecular weight is 214 g/mol. The Morgan fingerprint density at radius 1 is 1.36 bits per heavy atom. The molecule has 0 saturated carbocycles. The Morgan fingerprint density at radius 2 is 1.86 bits per heavy atom. The third-order valence-corrected chi connectivity index (χ3v) is 2.00. The van der Waals surface area contributed by atoms with E-state index in [1.807, 2.05) is 0 Å². The van der Waals surface area contributed by atoms with Gasteiger partial charge in [-0.05, 0) is 6.07 Å². The van der Waals surface area contributed by atoms with Gasteiger partial charge in [0.2, 0.25) is 0 Å². The molecule has 74 valence electrons. The van der Waals surface area contributed by atoms with E-state index in [9.17, 15) is 4.79 Å². The lowest BCUT2D eigenvalue weighted by Gasteiger charge is -2.05. The lowest BCUT2D eigenvalue weighted by molar-refractivity contribution is -0.111. The van der Waals surface area contributed by atoms with Crippen molar-refractivity contribution >= 4 is 23.1 Å². The molecule has 0 heterocycles. The van der Waals surface area contributed by atoms with Crippen molar-refractivity contribution in [2.45, 2.75) is 6.92 Å². The van der Waals surface area contributed by atoms with Crippen molar-refractivity contribution in [1.82, 2.24) is 0 Å². The highest BCUT2D eigenvalue weighted by Gasteiger charge is 2.14. The molecular weight excluding hydrogens is 206 g/mol. The summed E-state index contributed by atoms with van der Waals surface area (Å²) in [6.07, 6.45) is 0. The Hall–Kier alpha value is -1.55. The fraction of sp³-hybridized carbons (Fsp3) is 0.111. The lowest BCUT2D eigenvalue weighted by atomic mass is 10.1. The number of phenolic OH excluding ortho intramolecular Hbond substituents is 2. The molecule has 1 rings (SSSR count). The minimum Gasteiger partial charge on any atom is -0.504 e. The molecule has 3 N–H and O–H groups in total. The van der Waals surface area contributed by atoms with Crippen LogP contribution in [0.3, 0.4) is 0 Å². The Kier molecular flexibility index (Phi) is 2.76. The van der Waals surface area contributed by atoms with Gasteiger partial charge in [0.1, 0.15) is 5.71 Å². The second kappa shape index (κ2) is 3.67. The number of hydrogen-bond donors (Lipinski definition) is 3. The summed E-state index contributed by atoms with van der Waals surface area (Å²) < 4.78 is 0. The Labute approximate surface area is 85.3 Å². The fourth-order valence-corrected chi connectivity index (χ4v) is 1.18. The SMILES string of the molecule is CC(=O)C(=N)c1cc(O)c(O)cc1Cl. The maximum atomic E-state index is 10.9. The van der Waals surface area contributed by atoms with Crippen LogP contribution in [0.4, 0.5) is 0 Å². The third-order valence-electron chi connectivity index (χ3n) is 1.69. The highest BCUT2D eigenvalue weighted by molar-refractivity contribution is 6.48. The van der Waals surface area contributed by atoms with Crippen LogP contribution in [0.25, 0.3) is 0 Å². The van der Waals surface area contributed by atoms with E-state index in [0.29, 0.717) is 0 Å². The zero-order valence-corrected chi connectivity index (χ0v) is 8.09. The summed E-state index contributed by atoms with van der Waals surface area (Å²) in [5.74, 6) is -1.25. The van der Waals surface area contributed by atoms with Gasteiger partial charge >= 0.3 is 0 Å². The normalized spacial score (nSPS) is 9.86. The number of aromatic hydroxyl groups is 2. The minimum absolute atomic E-state index is 0.0560. The second-order valence-electron chi connectivity index (χ2n) is 2.75. The third kappa shape index (κ3) is 1.85. The van der Waals surface area contributed by atoms with E-state index in [1.54, 1.807) is 0 Å². The van der Waals surface area contributed by atoms with Gasteiger partial charge in [0.15, 0.2) is 17.3 Å². The summed E-state index contributed by atoms with van der Waals surface area (Å²) in [4.78, 5) is 10.9. The predicted octanol–water partition coefficient (Wildman–Crippen LogP) is 1.71. The molecule has 5 heteroatoms. The van der Waals surface area contributed by atoms with Gasteiger partial charge in [-0.25, -0.2) is 0 Å². The van der Waals surface area contributed by atoms with Crippen LogP contribution in [0.15, 0.2) is 12.1 Å². The maximum Gasteiger partial charge on any atom is 0.178 e. The Morgan fingerprint density at radius 3 is 2.36 bits per heavy atom. The monoisotopic (exact) mass is 213 g/mol. The zero-order chi connectivity index (χ0) is 10.9. The molecule has 0 amide bonds. The fourth-order valence-electron chi connectivity index (χ4n) is 0.933. The first-order valence-corrected chi connectivity index (χ1v) is 4.12. The van der Waals surface area contributed by atoms with Crippen LogP contribution in [-0.2, 0) is 4.79 Å². The summed E-state index contributed by atoms with van der Waals surface area (Å²) in [5, 5.41) is 25.6. The van der Waals surface area contributed by atoms with E-state index in [-0.39, 0.29) is 22.0 Å². The second-order valence-corrected chi connectivity index (χ2v) is 3.16. The van der Waals surface area contributed by atoms with Crippen LogP contribution in [0.5, 0.6) is 11.5 Å². The van der Waals surface area contributed by atoms with Crippen LogP contribution in [-0.4, -0.2) is 21.7 Å². The molecule has 0 spiro atoms. The maximum absolute atomic E-state index is 10.9. The van der Waals surface area contributed by atoms with Crippen molar-refractivity contribution in [3.05, 3.63) is 22.7 Å². The number of carbonyl (C=O) groups excluding carboxylic acids is 1. The number of halogens is 1. The lowest BCUT2D eigenvalue weighted by Crippen LogP contribution is -2.10. The van der Waals surface area contributed by atoms with Crippen LogP contribution < -0.4 is 0 Å². The minimum atomic E-state index is -0.461. The average Bonchev–Trinajstić information content (AvgIpc) is 2.10. The smallest absolute Gasteiger partial charge is 0.178 e. The van der Waals surface area contributed by atoms with E-state index in [4.69, 9.17) is 27.2 Å². The molecule has 0 fully saturated rings. The van der Waals surface area contributed by atoms with Gasteiger partial charge in [0.05, 0.1) is 5.02 Å². The molecule has 0 aliphatic rings. The number of carbonyl (C=O) groups is 1. The molecule has 0 atom stereocenters. The highest BCUT2D eigenvalue weighted by Crippen LogP contribution is 2.31. The highest BCUT2D eigenvalue weighted by atomic mass is 35.5. The van der Waals surface area contributed by atoms with E-state index >= 15 is 0 Å². The molecular formula is C9H8ClNO3. The van der Waals surface area contributed by atoms with Crippen molar-refractivity contribution in [1.29, 1.82) is 5.41 Å². The number of benzene rings is 1. The van der Waals surface area contributed by atoms with E-state index in [0.717, 1.165) is 12.1 Å². The Bertz CT molecular complexity index is 415. The Balaban J connectivity index is 3.29. The summed E-state index contributed by atoms with van der Waals surface area (Å²) >= 11 is 5.68. The van der Waals surface area contributed by atoms with Crippen molar-refractivity contribution in [2.24, 2.45) is 0 Å². The first kappa shape index (κ1) is 10.5. The van der Waals surface area contributed by atoms with Crippen molar-refractivity contribution < 1.29 is 15.0 Å². The summed E-state index contributed by atoms with van der Waals surface area (Å²) in [5.41, 5.74) is -0.195. The van der Waals surface area contributed by atoms with Gasteiger partial charge in [-0.1, -0.05) is 11.6 Å². The number of hydrogen-bond acceptors (Lipinski definition) is 4. The van der Waals surface area contributed by atoms with Crippen LogP contribution in [0.1, 0.15) is 12.5 Å². The topological polar surface area (TPSA) is 81.4 Å². The molecule has 0 aromatic heterocycles. The molecule has 1 aromatic carbocycles. The van der Waals surface area contributed by atoms with Gasteiger partial charge in [0.25, 0.3) is 0 Å². The van der Waals surface area contributed by atoms with Gasteiger partial charge < -0.3 is 10.2 Å². The van der Waals surface area contributed by atoms with E-state index in [2.05, 4.69) is 0 Å². The number of nitrogens with one attached hydrogen (secondary N) is 1. The summed E-state index contributed by atoms with van der Waals surface area (Å²) in [7, 11) is 0. The van der Waals surface area contributed by atoms with E-state index < -0.39 is 11.5 Å². The molecule has 1 aromatic rings. The molecule has 0 bridgehead atoms. The number of ketones is 1. The molecule has 0 aliphatic carbocycles. The van der Waals surface area contributed by atoms with Gasteiger partial charge in [0, 0.05) is 18.6 Å². The number of rotatable bonds is 2. The molecule has 4 nitrogen and oxygen atoms in total. The van der Waals surface area contributed by atoms with Crippen molar-refractivity contribution in [2.75, 3.05) is 0 Å². The molecule has 0 unspecified atom stereocenters. The van der Waals surface area contributed by atoms with Gasteiger partial charge in [-0.15, -0.1) is 0 Å². The largest absolute Gasteiger partial charge is 0.504 e. The molecule has 0 radical (unpaired) electrons. The van der Waals surface area contributed by atoms with Crippen LogP contribution >= 0.6 is 11.6 Å². The van der Waals surface area contributed by atoms with E-state index in [1.165, 1.54) is 6.92 Å². The van der Waals surface area contributed by atoms with Crippen molar-refractivity contribution in [3.63, 3.8) is 0 Å².